The van der Waals surface area contributed by atoms with Gasteiger partial charge in [0.1, 0.15) is 0 Å². The minimum absolute atomic E-state index is 0.246. The van der Waals surface area contributed by atoms with Crippen LogP contribution in [0.15, 0.2) is 36.1 Å². The summed E-state index contributed by atoms with van der Waals surface area (Å²) in [5.74, 6) is -3.10. The number of rotatable bonds is 2. The van der Waals surface area contributed by atoms with Gasteiger partial charge in [0.15, 0.2) is 5.76 Å². The van der Waals surface area contributed by atoms with E-state index in [-0.39, 0.29) is 5.56 Å². The van der Waals surface area contributed by atoms with Gasteiger partial charge in [-0.3, -0.25) is 4.89 Å². The minimum atomic E-state index is -1.41. The monoisotopic (exact) mass is 196 g/mol. The summed E-state index contributed by atoms with van der Waals surface area (Å²) in [5, 5.41) is 26.3. The Bertz CT molecular complexity index is 355. The standard InChI is InChI=1S/C9H8O5/c10-7(8(11)9(12)14-13)6-4-2-1-3-5-6/h1-5,10-11,13H. The molecule has 1 aromatic carbocycles. The lowest BCUT2D eigenvalue weighted by Gasteiger charge is -2.01. The minimum Gasteiger partial charge on any atom is -0.504 e. The molecule has 0 spiro atoms. The van der Waals surface area contributed by atoms with E-state index in [1.165, 1.54) is 12.1 Å². The maximum absolute atomic E-state index is 10.6. The van der Waals surface area contributed by atoms with Gasteiger partial charge in [-0.05, 0) is 0 Å². The molecule has 0 unspecified atom stereocenters. The topological polar surface area (TPSA) is 87.0 Å². The third-order valence-corrected chi connectivity index (χ3v) is 1.55. The van der Waals surface area contributed by atoms with E-state index in [1.807, 2.05) is 0 Å². The zero-order valence-corrected chi connectivity index (χ0v) is 7.04. The van der Waals surface area contributed by atoms with Crippen LogP contribution >= 0.6 is 0 Å². The van der Waals surface area contributed by atoms with Crippen LogP contribution in [-0.2, 0) is 9.68 Å². The third-order valence-electron chi connectivity index (χ3n) is 1.55. The van der Waals surface area contributed by atoms with E-state index in [1.54, 1.807) is 18.2 Å². The first-order valence-electron chi connectivity index (χ1n) is 3.70. The Morgan fingerprint density at radius 2 is 1.71 bits per heavy atom. The first kappa shape index (κ1) is 10.1. The summed E-state index contributed by atoms with van der Waals surface area (Å²) in [6.07, 6.45) is 0. The normalized spacial score (nSPS) is 11.8. The van der Waals surface area contributed by atoms with Crippen LogP contribution in [0, 0.1) is 0 Å². The van der Waals surface area contributed by atoms with Crippen molar-refractivity contribution in [2.45, 2.75) is 0 Å². The van der Waals surface area contributed by atoms with Crippen LogP contribution in [0.2, 0.25) is 0 Å². The largest absolute Gasteiger partial charge is 0.504 e. The molecule has 0 atom stereocenters. The van der Waals surface area contributed by atoms with Gasteiger partial charge in [0, 0.05) is 5.56 Å². The fourth-order valence-corrected chi connectivity index (χ4v) is 0.873. The maximum atomic E-state index is 10.6. The van der Waals surface area contributed by atoms with Gasteiger partial charge < -0.3 is 10.2 Å². The second kappa shape index (κ2) is 4.29. The van der Waals surface area contributed by atoms with Crippen LogP contribution in [0.25, 0.3) is 5.76 Å². The molecule has 0 bridgehead atoms. The van der Waals surface area contributed by atoms with E-state index in [9.17, 15) is 9.90 Å². The first-order chi connectivity index (χ1) is 6.66. The average molecular weight is 196 g/mol. The SMILES string of the molecule is O=C(OO)C(O)=C(O)c1ccccc1. The Balaban J connectivity index is 3.05. The highest BCUT2D eigenvalue weighted by atomic mass is 17.1. The maximum Gasteiger partial charge on any atom is 0.410 e. The molecule has 1 rings (SSSR count). The van der Waals surface area contributed by atoms with Crippen LogP contribution in [0.4, 0.5) is 0 Å². The fourth-order valence-electron chi connectivity index (χ4n) is 0.873. The van der Waals surface area contributed by atoms with Gasteiger partial charge in [0.2, 0.25) is 5.76 Å². The summed E-state index contributed by atoms with van der Waals surface area (Å²) < 4.78 is 0. The second-order valence-corrected chi connectivity index (χ2v) is 2.44. The van der Waals surface area contributed by atoms with E-state index >= 15 is 0 Å². The van der Waals surface area contributed by atoms with Crippen molar-refractivity contribution in [3.63, 3.8) is 0 Å². The van der Waals surface area contributed by atoms with Crippen molar-refractivity contribution < 1.29 is 25.2 Å². The van der Waals surface area contributed by atoms with Gasteiger partial charge in [0.25, 0.3) is 0 Å². The van der Waals surface area contributed by atoms with Crippen LogP contribution < -0.4 is 0 Å². The molecule has 0 fully saturated rings. The summed E-state index contributed by atoms with van der Waals surface area (Å²) >= 11 is 0. The number of aliphatic hydroxyl groups is 2. The van der Waals surface area contributed by atoms with E-state index in [4.69, 9.17) is 10.4 Å². The van der Waals surface area contributed by atoms with Crippen molar-refractivity contribution in [1.29, 1.82) is 0 Å². The smallest absolute Gasteiger partial charge is 0.410 e. The lowest BCUT2D eigenvalue weighted by molar-refractivity contribution is -0.232. The van der Waals surface area contributed by atoms with Crippen LogP contribution in [0.1, 0.15) is 5.56 Å². The predicted molar refractivity (Wildman–Crippen MR) is 47.3 cm³/mol. The summed E-state index contributed by atoms with van der Waals surface area (Å²) in [6, 6.07) is 7.90. The van der Waals surface area contributed by atoms with E-state index in [0.717, 1.165) is 0 Å². The van der Waals surface area contributed by atoms with Gasteiger partial charge in [0.05, 0.1) is 0 Å². The molecule has 0 aromatic heterocycles. The molecule has 14 heavy (non-hydrogen) atoms. The van der Waals surface area contributed by atoms with Crippen molar-refractivity contribution in [2.24, 2.45) is 0 Å². The molecule has 5 heteroatoms. The number of hydrogen-bond acceptors (Lipinski definition) is 5. The highest BCUT2D eigenvalue weighted by Gasteiger charge is 2.16. The molecule has 0 aliphatic carbocycles. The average Bonchev–Trinajstić information content (AvgIpc) is 2.27. The molecule has 0 saturated carbocycles. The molecule has 0 aliphatic heterocycles. The number of carbonyl (C=O) groups excluding carboxylic acids is 1. The summed E-state index contributed by atoms with van der Waals surface area (Å²) in [4.78, 5) is 13.8. The van der Waals surface area contributed by atoms with Crippen molar-refractivity contribution in [1.82, 2.24) is 0 Å². The van der Waals surface area contributed by atoms with Gasteiger partial charge in [-0.25, -0.2) is 4.79 Å². The van der Waals surface area contributed by atoms with Crippen molar-refractivity contribution >= 4 is 11.7 Å². The summed E-state index contributed by atoms with van der Waals surface area (Å²) in [7, 11) is 0. The van der Waals surface area contributed by atoms with Crippen molar-refractivity contribution in [3.8, 4) is 0 Å². The van der Waals surface area contributed by atoms with Gasteiger partial charge in [-0.15, -0.1) is 0 Å². The molecule has 0 amide bonds. The Morgan fingerprint density at radius 3 is 2.21 bits per heavy atom. The third kappa shape index (κ3) is 2.02. The number of hydrogen-bond donors (Lipinski definition) is 3. The molecule has 74 valence electrons. The lowest BCUT2D eigenvalue weighted by Crippen LogP contribution is -2.07. The molecular formula is C9H8O5. The van der Waals surface area contributed by atoms with Crippen LogP contribution in [-0.4, -0.2) is 21.4 Å². The Labute approximate surface area is 79.4 Å². The fraction of sp³-hybridized carbons (Fsp3) is 0. The van der Waals surface area contributed by atoms with Gasteiger partial charge in [-0.1, -0.05) is 30.3 Å². The molecule has 1 aromatic rings. The molecule has 0 aliphatic rings. The second-order valence-electron chi connectivity index (χ2n) is 2.44. The van der Waals surface area contributed by atoms with Crippen LogP contribution in [0.3, 0.4) is 0 Å². The highest BCUT2D eigenvalue weighted by molar-refractivity contribution is 5.92. The first-order valence-corrected chi connectivity index (χ1v) is 3.70. The molecule has 0 radical (unpaired) electrons. The summed E-state index contributed by atoms with van der Waals surface area (Å²) in [6.45, 7) is 0. The molecule has 0 heterocycles. The lowest BCUT2D eigenvalue weighted by atomic mass is 10.2. The molecule has 3 N–H and O–H groups in total. The molecule has 0 saturated heterocycles. The Morgan fingerprint density at radius 1 is 1.14 bits per heavy atom. The number of aliphatic hydroxyl groups excluding tert-OH is 2. The number of carbonyl (C=O) groups is 1. The Kier molecular flexibility index (Phi) is 3.09. The van der Waals surface area contributed by atoms with E-state index in [2.05, 4.69) is 4.89 Å². The van der Waals surface area contributed by atoms with E-state index in [0.29, 0.717) is 0 Å². The zero-order valence-electron chi connectivity index (χ0n) is 7.04. The molecule has 5 nitrogen and oxygen atoms in total. The predicted octanol–water partition coefficient (Wildman–Crippen LogP) is 1.49. The van der Waals surface area contributed by atoms with Gasteiger partial charge >= 0.3 is 5.97 Å². The van der Waals surface area contributed by atoms with Crippen LogP contribution in [0.5, 0.6) is 0 Å². The number of benzene rings is 1. The quantitative estimate of drug-likeness (QED) is 0.288. The van der Waals surface area contributed by atoms with E-state index < -0.39 is 17.5 Å². The Hall–Kier alpha value is -2.01. The zero-order chi connectivity index (χ0) is 10.6. The summed E-state index contributed by atoms with van der Waals surface area (Å²) in [5.41, 5.74) is 0.246. The van der Waals surface area contributed by atoms with Gasteiger partial charge in [-0.2, -0.15) is 5.26 Å². The van der Waals surface area contributed by atoms with Crippen molar-refractivity contribution in [2.75, 3.05) is 0 Å². The van der Waals surface area contributed by atoms with Crippen molar-refractivity contribution in [3.05, 3.63) is 41.7 Å². The highest BCUT2D eigenvalue weighted by Crippen LogP contribution is 2.14. The molecular weight excluding hydrogens is 188 g/mol.